The van der Waals surface area contributed by atoms with Crippen molar-refractivity contribution in [2.45, 2.75) is 6.61 Å². The maximum Gasteiger partial charge on any atom is 0.289 e. The average Bonchev–Trinajstić information content (AvgIpc) is 3.38. The van der Waals surface area contributed by atoms with Gasteiger partial charge in [-0.1, -0.05) is 42.5 Å². The van der Waals surface area contributed by atoms with Crippen molar-refractivity contribution in [2.75, 3.05) is 14.2 Å². The van der Waals surface area contributed by atoms with Crippen molar-refractivity contribution in [3.8, 4) is 28.5 Å². The van der Waals surface area contributed by atoms with Crippen LogP contribution in [0.25, 0.3) is 11.3 Å². The number of nitrogens with one attached hydrogen (secondary N) is 2. The standard InChI is InChI=1S/C26H24N4O4/c1-32-24-13-12-19(14-25(24)33-2)16-27-30-26(31)22-15-21(28-29-22)20-10-6-7-11-23(20)34-17-18-8-4-3-5-9-18/h3-16H,17H2,1-2H3,(H,28,29)(H,30,31)/b27-16+. The van der Waals surface area contributed by atoms with Gasteiger partial charge in [-0.2, -0.15) is 10.2 Å². The molecule has 172 valence electrons. The lowest BCUT2D eigenvalue weighted by atomic mass is 10.1. The molecule has 0 bridgehead atoms. The summed E-state index contributed by atoms with van der Waals surface area (Å²) in [5.74, 6) is 1.44. The number of rotatable bonds is 9. The fourth-order valence-electron chi connectivity index (χ4n) is 3.27. The molecule has 0 atom stereocenters. The Morgan fingerprint density at radius 1 is 0.941 bits per heavy atom. The summed E-state index contributed by atoms with van der Waals surface area (Å²) in [4.78, 5) is 12.5. The molecule has 34 heavy (non-hydrogen) atoms. The molecule has 0 saturated heterocycles. The van der Waals surface area contributed by atoms with Crippen LogP contribution in [0.15, 0.2) is 84.0 Å². The summed E-state index contributed by atoms with van der Waals surface area (Å²) in [7, 11) is 3.12. The zero-order valence-electron chi connectivity index (χ0n) is 18.8. The number of aromatic nitrogens is 2. The lowest BCUT2D eigenvalue weighted by molar-refractivity contribution is 0.0950. The number of hydrazone groups is 1. The number of para-hydroxylation sites is 1. The van der Waals surface area contributed by atoms with Crippen LogP contribution < -0.4 is 19.6 Å². The van der Waals surface area contributed by atoms with Crippen LogP contribution in [-0.2, 0) is 6.61 Å². The van der Waals surface area contributed by atoms with Crippen molar-refractivity contribution in [1.29, 1.82) is 0 Å². The Bertz CT molecular complexity index is 1280. The average molecular weight is 457 g/mol. The largest absolute Gasteiger partial charge is 0.493 e. The molecule has 0 radical (unpaired) electrons. The second-order valence-corrected chi connectivity index (χ2v) is 7.25. The molecule has 1 amide bonds. The normalized spacial score (nSPS) is 10.8. The van der Waals surface area contributed by atoms with Gasteiger partial charge in [0.05, 0.1) is 26.1 Å². The van der Waals surface area contributed by atoms with E-state index in [1.807, 2.05) is 54.6 Å². The van der Waals surface area contributed by atoms with Crippen molar-refractivity contribution in [3.05, 3.63) is 95.7 Å². The topological polar surface area (TPSA) is 97.8 Å². The van der Waals surface area contributed by atoms with Crippen LogP contribution in [0.3, 0.4) is 0 Å². The van der Waals surface area contributed by atoms with Gasteiger partial charge in [0, 0.05) is 5.56 Å². The van der Waals surface area contributed by atoms with Crippen molar-refractivity contribution in [3.63, 3.8) is 0 Å². The van der Waals surface area contributed by atoms with Gasteiger partial charge in [-0.05, 0) is 47.5 Å². The first-order valence-electron chi connectivity index (χ1n) is 10.5. The van der Waals surface area contributed by atoms with E-state index in [1.165, 1.54) is 6.21 Å². The molecular weight excluding hydrogens is 432 g/mol. The van der Waals surface area contributed by atoms with Crippen molar-refractivity contribution >= 4 is 12.1 Å². The number of hydrogen-bond acceptors (Lipinski definition) is 6. The van der Waals surface area contributed by atoms with E-state index in [1.54, 1.807) is 38.5 Å². The van der Waals surface area contributed by atoms with E-state index in [-0.39, 0.29) is 5.69 Å². The quantitative estimate of drug-likeness (QED) is 0.287. The van der Waals surface area contributed by atoms with Gasteiger partial charge >= 0.3 is 0 Å². The molecule has 0 aliphatic rings. The minimum absolute atomic E-state index is 0.275. The van der Waals surface area contributed by atoms with Gasteiger partial charge in [-0.15, -0.1) is 0 Å². The highest BCUT2D eigenvalue weighted by Gasteiger charge is 2.14. The van der Waals surface area contributed by atoms with Gasteiger partial charge in [-0.3, -0.25) is 9.89 Å². The fourth-order valence-corrected chi connectivity index (χ4v) is 3.27. The zero-order chi connectivity index (χ0) is 23.8. The number of H-pyrrole nitrogens is 1. The predicted octanol–water partition coefficient (Wildman–Crippen LogP) is 4.44. The molecule has 0 aliphatic heterocycles. The highest BCUT2D eigenvalue weighted by Crippen LogP contribution is 2.29. The molecule has 1 heterocycles. The number of benzene rings is 3. The number of carbonyl (C=O) groups excluding carboxylic acids is 1. The molecule has 4 aromatic rings. The van der Waals surface area contributed by atoms with E-state index in [0.29, 0.717) is 29.5 Å². The summed E-state index contributed by atoms with van der Waals surface area (Å²) >= 11 is 0. The van der Waals surface area contributed by atoms with E-state index < -0.39 is 5.91 Å². The maximum absolute atomic E-state index is 12.5. The summed E-state index contributed by atoms with van der Waals surface area (Å²) in [6.07, 6.45) is 1.52. The highest BCUT2D eigenvalue weighted by molar-refractivity contribution is 5.94. The van der Waals surface area contributed by atoms with Crippen LogP contribution in [0.1, 0.15) is 21.6 Å². The van der Waals surface area contributed by atoms with Crippen LogP contribution >= 0.6 is 0 Å². The van der Waals surface area contributed by atoms with Gasteiger partial charge in [0.25, 0.3) is 5.91 Å². The Hall–Kier alpha value is -4.59. The second-order valence-electron chi connectivity index (χ2n) is 7.25. The van der Waals surface area contributed by atoms with E-state index in [4.69, 9.17) is 14.2 Å². The van der Waals surface area contributed by atoms with E-state index in [0.717, 1.165) is 16.7 Å². The molecule has 0 saturated carbocycles. The number of aromatic amines is 1. The molecule has 0 spiro atoms. The molecule has 0 aliphatic carbocycles. The third-order valence-corrected chi connectivity index (χ3v) is 5.01. The predicted molar refractivity (Wildman–Crippen MR) is 129 cm³/mol. The molecule has 8 heteroatoms. The number of methoxy groups -OCH3 is 2. The smallest absolute Gasteiger partial charge is 0.289 e. The van der Waals surface area contributed by atoms with Crippen LogP contribution in [0.2, 0.25) is 0 Å². The lowest BCUT2D eigenvalue weighted by Gasteiger charge is -2.10. The Morgan fingerprint density at radius 2 is 1.71 bits per heavy atom. The van der Waals surface area contributed by atoms with E-state index in [2.05, 4.69) is 20.7 Å². The molecule has 1 aromatic heterocycles. The van der Waals surface area contributed by atoms with Crippen molar-refractivity contribution < 1.29 is 19.0 Å². The molecule has 8 nitrogen and oxygen atoms in total. The summed E-state index contributed by atoms with van der Waals surface area (Å²) in [6.45, 7) is 0.431. The molecular formula is C26H24N4O4. The molecule has 3 aromatic carbocycles. The van der Waals surface area contributed by atoms with Crippen LogP contribution in [0.5, 0.6) is 17.2 Å². The molecule has 4 rings (SSSR count). The third kappa shape index (κ3) is 5.42. The Kier molecular flexibility index (Phi) is 7.19. The number of hydrogen-bond donors (Lipinski definition) is 2. The SMILES string of the molecule is COc1ccc(/C=N/NC(=O)c2cc(-c3ccccc3OCc3ccccc3)n[nH]2)cc1OC. The minimum atomic E-state index is -0.418. The Morgan fingerprint density at radius 3 is 2.50 bits per heavy atom. The number of nitrogens with zero attached hydrogens (tertiary/aromatic N) is 2. The Labute approximate surface area is 197 Å². The lowest BCUT2D eigenvalue weighted by Crippen LogP contribution is -2.18. The van der Waals surface area contributed by atoms with Gasteiger partial charge in [0.2, 0.25) is 0 Å². The molecule has 0 unspecified atom stereocenters. The van der Waals surface area contributed by atoms with Crippen molar-refractivity contribution in [1.82, 2.24) is 15.6 Å². The first kappa shape index (κ1) is 22.6. The number of amides is 1. The van der Waals surface area contributed by atoms with Crippen molar-refractivity contribution in [2.24, 2.45) is 5.10 Å². The maximum atomic E-state index is 12.5. The summed E-state index contributed by atoms with van der Waals surface area (Å²) in [5.41, 5.74) is 5.95. The molecule has 0 fully saturated rings. The highest BCUT2D eigenvalue weighted by atomic mass is 16.5. The zero-order valence-corrected chi connectivity index (χ0v) is 18.8. The third-order valence-electron chi connectivity index (χ3n) is 5.01. The molecule has 2 N–H and O–H groups in total. The van der Waals surface area contributed by atoms with E-state index >= 15 is 0 Å². The fraction of sp³-hybridized carbons (Fsp3) is 0.115. The number of ether oxygens (including phenoxy) is 3. The van der Waals surface area contributed by atoms with Gasteiger partial charge in [0.15, 0.2) is 11.5 Å². The van der Waals surface area contributed by atoms with Gasteiger partial charge in [0.1, 0.15) is 18.1 Å². The minimum Gasteiger partial charge on any atom is -0.493 e. The van der Waals surface area contributed by atoms with E-state index in [9.17, 15) is 4.79 Å². The summed E-state index contributed by atoms with van der Waals surface area (Å²) in [5, 5.41) is 11.1. The number of carbonyl (C=O) groups is 1. The summed E-state index contributed by atoms with van der Waals surface area (Å²) in [6, 6.07) is 24.5. The van der Waals surface area contributed by atoms with Crippen LogP contribution in [-0.4, -0.2) is 36.5 Å². The van der Waals surface area contributed by atoms with Crippen LogP contribution in [0, 0.1) is 0 Å². The summed E-state index contributed by atoms with van der Waals surface area (Å²) < 4.78 is 16.5. The first-order valence-corrected chi connectivity index (χ1v) is 10.5. The van der Waals surface area contributed by atoms with Gasteiger partial charge in [-0.25, -0.2) is 5.43 Å². The van der Waals surface area contributed by atoms with Gasteiger partial charge < -0.3 is 14.2 Å². The second kappa shape index (κ2) is 10.8. The Balaban J connectivity index is 1.42. The monoisotopic (exact) mass is 456 g/mol. The first-order chi connectivity index (χ1) is 16.7. The van der Waals surface area contributed by atoms with Crippen LogP contribution in [0.4, 0.5) is 0 Å².